The molecule has 70 valence electrons. The summed E-state index contributed by atoms with van der Waals surface area (Å²) in [7, 11) is 1.68. The van der Waals surface area contributed by atoms with E-state index in [0.29, 0.717) is 16.3 Å². The van der Waals surface area contributed by atoms with Crippen LogP contribution in [0.5, 0.6) is 0 Å². The number of amides is 1. The minimum atomic E-state index is -0.591. The van der Waals surface area contributed by atoms with Gasteiger partial charge in [-0.05, 0) is 18.2 Å². The molecule has 1 aromatic carbocycles. The summed E-state index contributed by atoms with van der Waals surface area (Å²) >= 11 is 5.69. The largest absolute Gasteiger partial charge is 0.387 e. The van der Waals surface area contributed by atoms with Crippen LogP contribution in [-0.2, 0) is 0 Å². The molecule has 0 aliphatic rings. The van der Waals surface area contributed by atoms with Crippen molar-refractivity contribution in [3.05, 3.63) is 28.8 Å². The zero-order valence-corrected chi connectivity index (χ0v) is 7.72. The minimum Gasteiger partial charge on any atom is -0.387 e. The molecule has 0 aromatic heterocycles. The van der Waals surface area contributed by atoms with E-state index in [-0.39, 0.29) is 0 Å². The first kappa shape index (κ1) is 9.83. The van der Waals surface area contributed by atoms with Gasteiger partial charge in [-0.3, -0.25) is 10.0 Å². The molecule has 0 saturated carbocycles. The zero-order valence-electron chi connectivity index (χ0n) is 6.97. The Morgan fingerprint density at radius 3 is 2.77 bits per heavy atom. The van der Waals surface area contributed by atoms with E-state index in [2.05, 4.69) is 5.32 Å². The molecule has 3 N–H and O–H groups in total. The number of hydrogen-bond donors (Lipinski definition) is 3. The molecular weight excluding hydrogens is 192 g/mol. The third-order valence-corrected chi connectivity index (χ3v) is 1.83. The Morgan fingerprint density at radius 2 is 2.23 bits per heavy atom. The average Bonchev–Trinajstić information content (AvgIpc) is 2.16. The quantitative estimate of drug-likeness (QED) is 0.501. The number of nitrogens with one attached hydrogen (secondary N) is 2. The second-order valence-corrected chi connectivity index (χ2v) is 2.82. The maximum atomic E-state index is 11.1. The van der Waals surface area contributed by atoms with Gasteiger partial charge in [-0.1, -0.05) is 11.6 Å². The van der Waals surface area contributed by atoms with Crippen molar-refractivity contribution in [2.45, 2.75) is 0 Å². The summed E-state index contributed by atoms with van der Waals surface area (Å²) in [4.78, 5) is 11.1. The maximum absolute atomic E-state index is 11.1. The molecule has 0 heterocycles. The van der Waals surface area contributed by atoms with Gasteiger partial charge in [0.25, 0.3) is 5.91 Å². The predicted molar refractivity (Wildman–Crippen MR) is 50.3 cm³/mol. The summed E-state index contributed by atoms with van der Waals surface area (Å²) in [5, 5.41) is 11.7. The van der Waals surface area contributed by atoms with Gasteiger partial charge in [0.1, 0.15) is 0 Å². The fraction of sp³-hybridized carbons (Fsp3) is 0.125. The second kappa shape index (κ2) is 4.11. The van der Waals surface area contributed by atoms with E-state index < -0.39 is 5.91 Å². The summed E-state index contributed by atoms with van der Waals surface area (Å²) in [6.07, 6.45) is 0. The summed E-state index contributed by atoms with van der Waals surface area (Å²) in [5.74, 6) is -0.591. The highest BCUT2D eigenvalue weighted by Gasteiger charge is 2.09. The van der Waals surface area contributed by atoms with Crippen LogP contribution in [0.2, 0.25) is 5.02 Å². The highest BCUT2D eigenvalue weighted by atomic mass is 35.5. The van der Waals surface area contributed by atoms with Gasteiger partial charge >= 0.3 is 0 Å². The summed E-state index contributed by atoms with van der Waals surface area (Å²) in [6.45, 7) is 0. The van der Waals surface area contributed by atoms with Gasteiger partial charge in [0.15, 0.2) is 0 Å². The van der Waals surface area contributed by atoms with Crippen LogP contribution in [0.15, 0.2) is 18.2 Å². The Kier molecular flexibility index (Phi) is 3.11. The van der Waals surface area contributed by atoms with Crippen LogP contribution < -0.4 is 10.8 Å². The molecule has 1 aromatic rings. The third-order valence-electron chi connectivity index (χ3n) is 1.60. The Balaban J connectivity index is 3.15. The van der Waals surface area contributed by atoms with Gasteiger partial charge in [0.05, 0.1) is 5.56 Å². The standard InChI is InChI=1S/C8H9ClN2O2/c1-10-7-3-2-5(9)4-6(7)8(12)11-13/h2-4,10,13H,1H3,(H,11,12). The molecule has 1 amide bonds. The summed E-state index contributed by atoms with van der Waals surface area (Å²) < 4.78 is 0. The van der Waals surface area contributed by atoms with Crippen LogP contribution >= 0.6 is 11.6 Å². The summed E-state index contributed by atoms with van der Waals surface area (Å²) in [6, 6.07) is 4.79. The van der Waals surface area contributed by atoms with Crippen molar-refractivity contribution in [3.63, 3.8) is 0 Å². The zero-order chi connectivity index (χ0) is 9.84. The topological polar surface area (TPSA) is 61.4 Å². The SMILES string of the molecule is CNc1ccc(Cl)cc1C(=O)NO. The first-order valence-electron chi connectivity index (χ1n) is 3.60. The number of rotatable bonds is 2. The number of benzene rings is 1. The Morgan fingerprint density at radius 1 is 1.54 bits per heavy atom. The lowest BCUT2D eigenvalue weighted by Gasteiger charge is -2.06. The van der Waals surface area contributed by atoms with Gasteiger partial charge in [-0.2, -0.15) is 0 Å². The van der Waals surface area contributed by atoms with E-state index in [1.165, 1.54) is 6.07 Å². The minimum absolute atomic E-state index is 0.303. The molecule has 0 bridgehead atoms. The van der Waals surface area contributed by atoms with Crippen molar-refractivity contribution >= 4 is 23.2 Å². The lowest BCUT2D eigenvalue weighted by atomic mass is 10.1. The van der Waals surface area contributed by atoms with Gasteiger partial charge in [0, 0.05) is 17.8 Å². The molecule has 0 spiro atoms. The molecule has 0 aliphatic carbocycles. The fourth-order valence-corrected chi connectivity index (χ4v) is 1.15. The van der Waals surface area contributed by atoms with Crippen LogP contribution in [0, 0.1) is 0 Å². The fourth-order valence-electron chi connectivity index (χ4n) is 0.983. The lowest BCUT2D eigenvalue weighted by molar-refractivity contribution is 0.0707. The van der Waals surface area contributed by atoms with Crippen molar-refractivity contribution in [1.29, 1.82) is 0 Å². The molecule has 0 fully saturated rings. The first-order valence-corrected chi connectivity index (χ1v) is 3.98. The van der Waals surface area contributed by atoms with Crippen molar-refractivity contribution in [2.75, 3.05) is 12.4 Å². The van der Waals surface area contributed by atoms with Crippen molar-refractivity contribution < 1.29 is 10.0 Å². The van der Waals surface area contributed by atoms with Gasteiger partial charge < -0.3 is 5.32 Å². The summed E-state index contributed by atoms with van der Waals surface area (Å²) in [5.41, 5.74) is 2.46. The highest BCUT2D eigenvalue weighted by Crippen LogP contribution is 2.19. The maximum Gasteiger partial charge on any atom is 0.276 e. The Bertz CT molecular complexity index is 328. The van der Waals surface area contributed by atoms with Crippen molar-refractivity contribution in [3.8, 4) is 0 Å². The second-order valence-electron chi connectivity index (χ2n) is 2.38. The van der Waals surface area contributed by atoms with Gasteiger partial charge in [0.2, 0.25) is 0 Å². The number of carbonyl (C=O) groups excluding carboxylic acids is 1. The number of carbonyl (C=O) groups is 1. The average molecular weight is 201 g/mol. The molecule has 4 nitrogen and oxygen atoms in total. The number of halogens is 1. The molecule has 13 heavy (non-hydrogen) atoms. The first-order chi connectivity index (χ1) is 6.19. The molecular formula is C8H9ClN2O2. The van der Waals surface area contributed by atoms with Crippen LogP contribution in [-0.4, -0.2) is 18.2 Å². The van der Waals surface area contributed by atoms with Crippen LogP contribution in [0.25, 0.3) is 0 Å². The van der Waals surface area contributed by atoms with Crippen LogP contribution in [0.4, 0.5) is 5.69 Å². The molecule has 0 atom stereocenters. The van der Waals surface area contributed by atoms with E-state index in [9.17, 15) is 4.79 Å². The van der Waals surface area contributed by atoms with Crippen molar-refractivity contribution in [1.82, 2.24) is 5.48 Å². The van der Waals surface area contributed by atoms with Crippen LogP contribution in [0.3, 0.4) is 0 Å². The van der Waals surface area contributed by atoms with E-state index in [4.69, 9.17) is 16.8 Å². The van der Waals surface area contributed by atoms with E-state index >= 15 is 0 Å². The lowest BCUT2D eigenvalue weighted by Crippen LogP contribution is -2.19. The predicted octanol–water partition coefficient (Wildman–Crippen LogP) is 1.50. The van der Waals surface area contributed by atoms with Gasteiger partial charge in [-0.15, -0.1) is 0 Å². The Hall–Kier alpha value is -1.26. The highest BCUT2D eigenvalue weighted by molar-refractivity contribution is 6.31. The van der Waals surface area contributed by atoms with Gasteiger partial charge in [-0.25, -0.2) is 5.48 Å². The Labute approximate surface area is 80.5 Å². The van der Waals surface area contributed by atoms with Crippen molar-refractivity contribution in [2.24, 2.45) is 0 Å². The van der Waals surface area contributed by atoms with Crippen LogP contribution in [0.1, 0.15) is 10.4 Å². The number of hydroxylamine groups is 1. The normalized spacial score (nSPS) is 9.46. The molecule has 5 heteroatoms. The molecule has 0 unspecified atom stereocenters. The molecule has 0 aliphatic heterocycles. The number of hydrogen-bond acceptors (Lipinski definition) is 3. The monoisotopic (exact) mass is 200 g/mol. The smallest absolute Gasteiger partial charge is 0.276 e. The van der Waals surface area contributed by atoms with E-state index in [1.54, 1.807) is 24.7 Å². The third kappa shape index (κ3) is 2.11. The van der Waals surface area contributed by atoms with E-state index in [1.807, 2.05) is 0 Å². The molecule has 0 saturated heterocycles. The molecule has 1 rings (SSSR count). The van der Waals surface area contributed by atoms with E-state index in [0.717, 1.165) is 0 Å². The number of anilines is 1. The molecule has 0 radical (unpaired) electrons.